The summed E-state index contributed by atoms with van der Waals surface area (Å²) in [5.74, 6) is 0.202. The number of carbonyl (C=O) groups excluding carboxylic acids is 2. The highest BCUT2D eigenvalue weighted by Gasteiger charge is 2.25. The molecule has 5 nitrogen and oxygen atoms in total. The number of carbonyl (C=O) groups is 2. The highest BCUT2D eigenvalue weighted by molar-refractivity contribution is 14.1. The molecule has 1 aromatic carbocycles. The van der Waals surface area contributed by atoms with Gasteiger partial charge in [-0.3, -0.25) is 14.5 Å². The van der Waals surface area contributed by atoms with Gasteiger partial charge in [-0.25, -0.2) is 0 Å². The van der Waals surface area contributed by atoms with E-state index in [9.17, 15) is 9.59 Å². The number of hydrogen-bond donors (Lipinski definition) is 2. The molecule has 1 aliphatic rings. The van der Waals surface area contributed by atoms with E-state index in [2.05, 4.69) is 49.6 Å². The minimum absolute atomic E-state index is 0.00458. The number of piperidine rings is 1. The maximum atomic E-state index is 12.3. The lowest BCUT2D eigenvalue weighted by Gasteiger charge is -2.30. The van der Waals surface area contributed by atoms with Gasteiger partial charge in [0.05, 0.1) is 6.54 Å². The van der Waals surface area contributed by atoms with Crippen LogP contribution in [0.1, 0.15) is 17.7 Å². The third-order valence-corrected chi connectivity index (χ3v) is 6.36. The number of halogens is 1. The summed E-state index contributed by atoms with van der Waals surface area (Å²) in [6.45, 7) is 2.63. The SMILES string of the molecule is O=C(CN1CCC(C(=O)NCCc2cccs2)CC1)Nc1ccc(I)cc1. The summed E-state index contributed by atoms with van der Waals surface area (Å²) < 4.78 is 1.14. The van der Waals surface area contributed by atoms with E-state index in [1.54, 1.807) is 11.3 Å². The lowest BCUT2D eigenvalue weighted by atomic mass is 9.96. The first-order chi connectivity index (χ1) is 13.1. The van der Waals surface area contributed by atoms with Crippen LogP contribution in [0.4, 0.5) is 5.69 Å². The molecule has 1 aliphatic heterocycles. The fraction of sp³-hybridized carbons (Fsp3) is 0.400. The monoisotopic (exact) mass is 497 g/mol. The minimum Gasteiger partial charge on any atom is -0.355 e. The fourth-order valence-corrected chi connectivity index (χ4v) is 4.27. The van der Waals surface area contributed by atoms with Crippen molar-refractivity contribution in [3.05, 3.63) is 50.2 Å². The van der Waals surface area contributed by atoms with Gasteiger partial charge in [0.25, 0.3) is 0 Å². The van der Waals surface area contributed by atoms with Crippen LogP contribution in [-0.2, 0) is 16.0 Å². The normalized spacial score (nSPS) is 15.4. The summed E-state index contributed by atoms with van der Waals surface area (Å²) in [6.07, 6.45) is 2.50. The van der Waals surface area contributed by atoms with Crippen molar-refractivity contribution in [2.75, 3.05) is 31.5 Å². The average molecular weight is 497 g/mol. The average Bonchev–Trinajstić information content (AvgIpc) is 3.17. The van der Waals surface area contributed by atoms with E-state index in [0.29, 0.717) is 13.1 Å². The highest BCUT2D eigenvalue weighted by atomic mass is 127. The summed E-state index contributed by atoms with van der Waals surface area (Å²) >= 11 is 3.96. The number of nitrogens with one attached hydrogen (secondary N) is 2. The Balaban J connectivity index is 1.34. The van der Waals surface area contributed by atoms with E-state index in [1.807, 2.05) is 30.3 Å². The first-order valence-electron chi connectivity index (χ1n) is 9.18. The molecule has 144 valence electrons. The summed E-state index contributed by atoms with van der Waals surface area (Å²) in [5, 5.41) is 8.04. The van der Waals surface area contributed by atoms with E-state index in [1.165, 1.54) is 4.88 Å². The first-order valence-corrected chi connectivity index (χ1v) is 11.1. The molecule has 0 radical (unpaired) electrons. The largest absolute Gasteiger partial charge is 0.355 e. The van der Waals surface area contributed by atoms with Crippen LogP contribution in [0, 0.1) is 9.49 Å². The van der Waals surface area contributed by atoms with Crippen molar-refractivity contribution in [1.82, 2.24) is 10.2 Å². The van der Waals surface area contributed by atoms with Gasteiger partial charge in [-0.15, -0.1) is 11.3 Å². The van der Waals surface area contributed by atoms with Crippen molar-refractivity contribution in [3.8, 4) is 0 Å². The Morgan fingerprint density at radius 2 is 1.89 bits per heavy atom. The van der Waals surface area contributed by atoms with Crippen LogP contribution in [0.15, 0.2) is 41.8 Å². The van der Waals surface area contributed by atoms with E-state index in [-0.39, 0.29) is 17.7 Å². The number of rotatable bonds is 7. The Hall–Kier alpha value is -1.45. The van der Waals surface area contributed by atoms with Crippen molar-refractivity contribution >= 4 is 51.4 Å². The van der Waals surface area contributed by atoms with Crippen molar-refractivity contribution in [1.29, 1.82) is 0 Å². The van der Waals surface area contributed by atoms with E-state index in [0.717, 1.165) is 41.6 Å². The predicted octanol–water partition coefficient (Wildman–Crippen LogP) is 3.36. The third kappa shape index (κ3) is 6.58. The second-order valence-corrected chi connectivity index (χ2v) is 9.00. The zero-order valence-electron chi connectivity index (χ0n) is 15.1. The smallest absolute Gasteiger partial charge is 0.238 e. The summed E-state index contributed by atoms with van der Waals surface area (Å²) in [7, 11) is 0. The molecule has 3 rings (SSSR count). The van der Waals surface area contributed by atoms with E-state index >= 15 is 0 Å². The molecule has 0 unspecified atom stereocenters. The van der Waals surface area contributed by atoms with Crippen LogP contribution >= 0.6 is 33.9 Å². The van der Waals surface area contributed by atoms with Crippen LogP contribution < -0.4 is 10.6 Å². The van der Waals surface area contributed by atoms with Gasteiger partial charge in [-0.05, 0) is 90.7 Å². The first kappa shape index (κ1) is 20.3. The zero-order valence-corrected chi connectivity index (χ0v) is 18.1. The predicted molar refractivity (Wildman–Crippen MR) is 118 cm³/mol. The van der Waals surface area contributed by atoms with Gasteiger partial charge in [0.1, 0.15) is 0 Å². The molecule has 2 heterocycles. The molecule has 1 fully saturated rings. The van der Waals surface area contributed by atoms with Gasteiger partial charge in [0.15, 0.2) is 0 Å². The Morgan fingerprint density at radius 3 is 2.56 bits per heavy atom. The van der Waals surface area contributed by atoms with Gasteiger partial charge in [-0.2, -0.15) is 0 Å². The number of amides is 2. The second kappa shape index (κ2) is 10.2. The van der Waals surface area contributed by atoms with Crippen molar-refractivity contribution in [2.24, 2.45) is 5.92 Å². The Labute approximate surface area is 177 Å². The lowest BCUT2D eigenvalue weighted by Crippen LogP contribution is -2.43. The molecule has 2 aromatic rings. The Kier molecular flexibility index (Phi) is 7.66. The van der Waals surface area contributed by atoms with E-state index in [4.69, 9.17) is 0 Å². The fourth-order valence-electron chi connectivity index (χ4n) is 3.20. The van der Waals surface area contributed by atoms with Gasteiger partial charge in [-0.1, -0.05) is 6.07 Å². The topological polar surface area (TPSA) is 61.4 Å². The van der Waals surface area contributed by atoms with Crippen LogP contribution in [0.3, 0.4) is 0 Å². The quantitative estimate of drug-likeness (QED) is 0.577. The van der Waals surface area contributed by atoms with Crippen molar-refractivity contribution in [3.63, 3.8) is 0 Å². The number of thiophene rings is 1. The number of nitrogens with zero attached hydrogens (tertiary/aromatic N) is 1. The Bertz CT molecular complexity index is 741. The molecule has 0 atom stereocenters. The standard InChI is InChI=1S/C20H24IN3O2S/c21-16-3-5-17(6-4-16)23-19(25)14-24-11-8-15(9-12-24)20(26)22-10-7-18-2-1-13-27-18/h1-6,13,15H,7-12,14H2,(H,22,26)(H,23,25). The second-order valence-electron chi connectivity index (χ2n) is 6.73. The van der Waals surface area contributed by atoms with Crippen molar-refractivity contribution in [2.45, 2.75) is 19.3 Å². The molecule has 2 N–H and O–H groups in total. The molecule has 7 heteroatoms. The molecule has 1 saturated heterocycles. The molecule has 27 heavy (non-hydrogen) atoms. The van der Waals surface area contributed by atoms with Gasteiger partial charge in [0, 0.05) is 26.6 Å². The number of hydrogen-bond acceptors (Lipinski definition) is 4. The summed E-state index contributed by atoms with van der Waals surface area (Å²) in [4.78, 5) is 27.9. The molecule has 0 spiro atoms. The van der Waals surface area contributed by atoms with Crippen LogP contribution in [0.2, 0.25) is 0 Å². The zero-order chi connectivity index (χ0) is 19.1. The minimum atomic E-state index is -0.00458. The molecule has 0 saturated carbocycles. The van der Waals surface area contributed by atoms with Gasteiger partial charge >= 0.3 is 0 Å². The maximum Gasteiger partial charge on any atom is 0.238 e. The number of anilines is 1. The molecular formula is C20H24IN3O2S. The summed E-state index contributed by atoms with van der Waals surface area (Å²) in [5.41, 5.74) is 0.820. The molecule has 2 amide bonds. The van der Waals surface area contributed by atoms with Crippen LogP contribution in [0.5, 0.6) is 0 Å². The third-order valence-electron chi connectivity index (χ3n) is 4.70. The number of benzene rings is 1. The highest BCUT2D eigenvalue weighted by Crippen LogP contribution is 2.18. The molecule has 1 aromatic heterocycles. The van der Waals surface area contributed by atoms with Gasteiger partial charge < -0.3 is 10.6 Å². The lowest BCUT2D eigenvalue weighted by molar-refractivity contribution is -0.126. The van der Waals surface area contributed by atoms with Crippen molar-refractivity contribution < 1.29 is 9.59 Å². The molecule has 0 aliphatic carbocycles. The summed E-state index contributed by atoms with van der Waals surface area (Å²) in [6, 6.07) is 11.9. The van der Waals surface area contributed by atoms with Crippen LogP contribution in [-0.4, -0.2) is 42.9 Å². The van der Waals surface area contributed by atoms with Crippen LogP contribution in [0.25, 0.3) is 0 Å². The number of likely N-dealkylation sites (tertiary alicyclic amines) is 1. The molecular weight excluding hydrogens is 473 g/mol. The van der Waals surface area contributed by atoms with E-state index < -0.39 is 0 Å². The maximum absolute atomic E-state index is 12.3. The molecule has 0 bridgehead atoms. The Morgan fingerprint density at radius 1 is 1.15 bits per heavy atom. The van der Waals surface area contributed by atoms with Gasteiger partial charge in [0.2, 0.25) is 11.8 Å².